The Bertz CT molecular complexity index is 476. The Morgan fingerprint density at radius 2 is 2.20 bits per heavy atom. The lowest BCUT2D eigenvalue weighted by molar-refractivity contribution is 0.416. The molecule has 1 aromatic heterocycles. The highest BCUT2D eigenvalue weighted by molar-refractivity contribution is 5.69. The van der Waals surface area contributed by atoms with Crippen LogP contribution in [0.1, 0.15) is 5.69 Å². The number of methoxy groups -OCH3 is 1. The van der Waals surface area contributed by atoms with E-state index in [2.05, 4.69) is 9.97 Å². The summed E-state index contributed by atoms with van der Waals surface area (Å²) in [5, 5.41) is 0. The van der Waals surface area contributed by atoms with E-state index >= 15 is 0 Å². The molecule has 0 unspecified atom stereocenters. The van der Waals surface area contributed by atoms with Crippen LogP contribution in [0.15, 0.2) is 24.4 Å². The van der Waals surface area contributed by atoms with Gasteiger partial charge in [0.1, 0.15) is 11.6 Å². The molecule has 2 rings (SSSR count). The average Bonchev–Trinajstić information content (AvgIpc) is 2.65. The van der Waals surface area contributed by atoms with Crippen LogP contribution in [-0.4, -0.2) is 17.1 Å². The van der Waals surface area contributed by atoms with Crippen molar-refractivity contribution in [3.63, 3.8) is 0 Å². The van der Waals surface area contributed by atoms with Gasteiger partial charge in [-0.05, 0) is 25.1 Å². The normalized spacial score (nSPS) is 10.3. The quantitative estimate of drug-likeness (QED) is 0.733. The summed E-state index contributed by atoms with van der Waals surface area (Å²) in [5.74, 6) is 1.54. The molecular weight excluding hydrogens is 190 g/mol. The van der Waals surface area contributed by atoms with Gasteiger partial charge in [0.2, 0.25) is 0 Å². The number of benzene rings is 1. The molecular formula is C11H13N3O. The van der Waals surface area contributed by atoms with Gasteiger partial charge in [-0.1, -0.05) is 0 Å². The van der Waals surface area contributed by atoms with Gasteiger partial charge in [0.15, 0.2) is 0 Å². The third kappa shape index (κ3) is 1.79. The number of anilines is 1. The Kier molecular flexibility index (Phi) is 2.33. The lowest BCUT2D eigenvalue weighted by Crippen LogP contribution is -1.92. The van der Waals surface area contributed by atoms with Crippen molar-refractivity contribution in [3.8, 4) is 17.1 Å². The second kappa shape index (κ2) is 3.65. The molecule has 0 aliphatic heterocycles. The van der Waals surface area contributed by atoms with Crippen molar-refractivity contribution in [1.29, 1.82) is 0 Å². The van der Waals surface area contributed by atoms with Gasteiger partial charge in [0, 0.05) is 17.6 Å². The lowest BCUT2D eigenvalue weighted by atomic mass is 10.1. The second-order valence-corrected chi connectivity index (χ2v) is 3.37. The fourth-order valence-electron chi connectivity index (χ4n) is 1.46. The van der Waals surface area contributed by atoms with Crippen LogP contribution in [0, 0.1) is 6.92 Å². The summed E-state index contributed by atoms with van der Waals surface area (Å²) in [5.41, 5.74) is 8.31. The predicted octanol–water partition coefficient (Wildman–Crippen LogP) is 1.98. The maximum Gasteiger partial charge on any atom is 0.141 e. The van der Waals surface area contributed by atoms with Crippen LogP contribution < -0.4 is 10.5 Å². The molecule has 0 spiro atoms. The zero-order chi connectivity index (χ0) is 10.8. The minimum Gasteiger partial charge on any atom is -0.496 e. The summed E-state index contributed by atoms with van der Waals surface area (Å²) in [6.45, 7) is 1.95. The van der Waals surface area contributed by atoms with E-state index < -0.39 is 0 Å². The van der Waals surface area contributed by atoms with Crippen molar-refractivity contribution in [2.75, 3.05) is 12.8 Å². The number of nitrogens with two attached hydrogens (primary N) is 1. The van der Waals surface area contributed by atoms with E-state index in [4.69, 9.17) is 10.5 Å². The highest BCUT2D eigenvalue weighted by Gasteiger charge is 2.08. The SMILES string of the molecule is COc1ccc(N)cc1-c1ncc(C)[nH]1. The average molecular weight is 203 g/mol. The molecule has 2 aromatic rings. The standard InChI is InChI=1S/C11H13N3O/c1-7-6-13-11(14-7)9-5-8(12)3-4-10(9)15-2/h3-6H,12H2,1-2H3,(H,13,14). The summed E-state index contributed by atoms with van der Waals surface area (Å²) in [6, 6.07) is 5.48. The third-order valence-corrected chi connectivity index (χ3v) is 2.18. The summed E-state index contributed by atoms with van der Waals surface area (Å²) >= 11 is 0. The number of rotatable bonds is 2. The van der Waals surface area contributed by atoms with Gasteiger partial charge < -0.3 is 15.5 Å². The number of aryl methyl sites for hydroxylation is 1. The third-order valence-electron chi connectivity index (χ3n) is 2.18. The van der Waals surface area contributed by atoms with Crippen LogP contribution in [0.3, 0.4) is 0 Å². The summed E-state index contributed by atoms with van der Waals surface area (Å²) in [7, 11) is 1.63. The van der Waals surface area contributed by atoms with Crippen LogP contribution in [0.5, 0.6) is 5.75 Å². The minimum atomic E-state index is 0.694. The fraction of sp³-hybridized carbons (Fsp3) is 0.182. The maximum absolute atomic E-state index is 5.73. The minimum absolute atomic E-state index is 0.694. The van der Waals surface area contributed by atoms with Crippen molar-refractivity contribution in [2.45, 2.75) is 6.92 Å². The van der Waals surface area contributed by atoms with Gasteiger partial charge in [0.05, 0.1) is 12.7 Å². The molecule has 0 bridgehead atoms. The Morgan fingerprint density at radius 1 is 1.40 bits per heavy atom. The predicted molar refractivity (Wildman–Crippen MR) is 59.7 cm³/mol. The molecule has 4 heteroatoms. The summed E-state index contributed by atoms with van der Waals surface area (Å²) < 4.78 is 5.25. The molecule has 0 aliphatic rings. The van der Waals surface area contributed by atoms with Crippen LogP contribution in [0.25, 0.3) is 11.4 Å². The Hall–Kier alpha value is -1.97. The smallest absolute Gasteiger partial charge is 0.141 e. The van der Waals surface area contributed by atoms with Crippen LogP contribution >= 0.6 is 0 Å². The van der Waals surface area contributed by atoms with Crippen molar-refractivity contribution in [2.24, 2.45) is 0 Å². The number of ether oxygens (including phenoxy) is 1. The molecule has 0 radical (unpaired) electrons. The van der Waals surface area contributed by atoms with Gasteiger partial charge in [0.25, 0.3) is 0 Å². The number of imidazole rings is 1. The van der Waals surface area contributed by atoms with Crippen LogP contribution in [0.4, 0.5) is 5.69 Å². The Labute approximate surface area is 88.1 Å². The molecule has 1 aromatic carbocycles. The molecule has 0 saturated heterocycles. The monoisotopic (exact) mass is 203 g/mol. The Morgan fingerprint density at radius 3 is 2.80 bits per heavy atom. The maximum atomic E-state index is 5.73. The van der Waals surface area contributed by atoms with Crippen molar-refractivity contribution in [1.82, 2.24) is 9.97 Å². The molecule has 0 saturated carbocycles. The van der Waals surface area contributed by atoms with Crippen molar-refractivity contribution < 1.29 is 4.74 Å². The number of aromatic amines is 1. The van der Waals surface area contributed by atoms with Gasteiger partial charge in [-0.25, -0.2) is 4.98 Å². The van der Waals surface area contributed by atoms with Crippen LogP contribution in [-0.2, 0) is 0 Å². The van der Waals surface area contributed by atoms with E-state index in [-0.39, 0.29) is 0 Å². The number of nitrogens with one attached hydrogen (secondary N) is 1. The molecule has 15 heavy (non-hydrogen) atoms. The van der Waals surface area contributed by atoms with E-state index in [0.717, 1.165) is 22.8 Å². The van der Waals surface area contributed by atoms with E-state index in [0.29, 0.717) is 5.69 Å². The lowest BCUT2D eigenvalue weighted by Gasteiger charge is -2.06. The van der Waals surface area contributed by atoms with E-state index in [1.807, 2.05) is 19.1 Å². The highest BCUT2D eigenvalue weighted by Crippen LogP contribution is 2.29. The molecule has 0 atom stereocenters. The van der Waals surface area contributed by atoms with E-state index in [1.165, 1.54) is 0 Å². The number of nitrogens with zero attached hydrogens (tertiary/aromatic N) is 1. The number of hydrogen-bond acceptors (Lipinski definition) is 3. The number of nitrogen functional groups attached to an aromatic ring is 1. The highest BCUT2D eigenvalue weighted by atomic mass is 16.5. The summed E-state index contributed by atoms with van der Waals surface area (Å²) in [4.78, 5) is 7.39. The number of H-pyrrole nitrogens is 1. The zero-order valence-corrected chi connectivity index (χ0v) is 8.74. The van der Waals surface area contributed by atoms with Gasteiger partial charge >= 0.3 is 0 Å². The number of hydrogen-bond donors (Lipinski definition) is 2. The Balaban J connectivity index is 2.55. The van der Waals surface area contributed by atoms with Gasteiger partial charge in [-0.15, -0.1) is 0 Å². The van der Waals surface area contributed by atoms with Gasteiger partial charge in [-0.2, -0.15) is 0 Å². The molecule has 78 valence electrons. The first kappa shape index (κ1) is 9.58. The topological polar surface area (TPSA) is 63.9 Å². The first-order valence-corrected chi connectivity index (χ1v) is 4.66. The molecule has 0 aliphatic carbocycles. The van der Waals surface area contributed by atoms with Gasteiger partial charge in [-0.3, -0.25) is 0 Å². The van der Waals surface area contributed by atoms with E-state index in [9.17, 15) is 0 Å². The number of aromatic nitrogens is 2. The van der Waals surface area contributed by atoms with Crippen molar-refractivity contribution >= 4 is 5.69 Å². The largest absolute Gasteiger partial charge is 0.496 e. The molecule has 0 amide bonds. The molecule has 4 nitrogen and oxygen atoms in total. The fourth-order valence-corrected chi connectivity index (χ4v) is 1.46. The summed E-state index contributed by atoms with van der Waals surface area (Å²) in [6.07, 6.45) is 1.78. The molecule has 1 heterocycles. The van der Waals surface area contributed by atoms with Crippen molar-refractivity contribution in [3.05, 3.63) is 30.1 Å². The van der Waals surface area contributed by atoms with Crippen LogP contribution in [0.2, 0.25) is 0 Å². The zero-order valence-electron chi connectivity index (χ0n) is 8.74. The molecule has 0 fully saturated rings. The van der Waals surface area contributed by atoms with E-state index in [1.54, 1.807) is 19.4 Å². The first-order chi connectivity index (χ1) is 7.20. The first-order valence-electron chi connectivity index (χ1n) is 4.66. The molecule has 3 N–H and O–H groups in total. The second-order valence-electron chi connectivity index (χ2n) is 3.37.